The minimum Gasteiger partial charge on any atom is -0.379 e. The monoisotopic (exact) mass is 303 g/mol. The van der Waals surface area contributed by atoms with Gasteiger partial charge < -0.3 is 14.4 Å². The smallest absolute Gasteiger partial charge is 0.225 e. The van der Waals surface area contributed by atoms with Gasteiger partial charge >= 0.3 is 0 Å². The molecule has 0 N–H and O–H groups in total. The molecule has 22 heavy (non-hydrogen) atoms. The Morgan fingerprint density at radius 3 is 2.73 bits per heavy atom. The topological polar surface area (TPSA) is 38.8 Å². The van der Waals surface area contributed by atoms with Crippen molar-refractivity contribution in [3.8, 4) is 0 Å². The van der Waals surface area contributed by atoms with Crippen molar-refractivity contribution in [1.82, 2.24) is 4.90 Å². The highest BCUT2D eigenvalue weighted by Crippen LogP contribution is 2.20. The molecule has 2 saturated heterocycles. The second-order valence-electron chi connectivity index (χ2n) is 6.18. The van der Waals surface area contributed by atoms with Crippen molar-refractivity contribution in [2.45, 2.75) is 44.2 Å². The molecule has 3 rings (SSSR count). The van der Waals surface area contributed by atoms with Crippen molar-refractivity contribution in [2.75, 3.05) is 26.4 Å². The lowest BCUT2D eigenvalue weighted by Gasteiger charge is -2.29. The van der Waals surface area contributed by atoms with Gasteiger partial charge in [-0.25, -0.2) is 0 Å². The number of hydrogen-bond donors (Lipinski definition) is 0. The lowest BCUT2D eigenvalue weighted by Crippen LogP contribution is -2.43. The highest BCUT2D eigenvalue weighted by Gasteiger charge is 2.29. The number of benzene rings is 1. The molecule has 0 aromatic heterocycles. The van der Waals surface area contributed by atoms with Crippen molar-refractivity contribution in [2.24, 2.45) is 0 Å². The molecule has 4 nitrogen and oxygen atoms in total. The zero-order valence-corrected chi connectivity index (χ0v) is 13.1. The van der Waals surface area contributed by atoms with Crippen LogP contribution in [0.3, 0.4) is 0 Å². The summed E-state index contributed by atoms with van der Waals surface area (Å²) in [5.74, 6) is 0.221. The molecule has 0 radical (unpaired) electrons. The first-order chi connectivity index (χ1) is 10.8. The molecular formula is C18H25NO3. The molecule has 1 aromatic carbocycles. The number of nitrogens with zero attached hydrogens (tertiary/aromatic N) is 1. The van der Waals surface area contributed by atoms with Crippen LogP contribution >= 0.6 is 0 Å². The maximum atomic E-state index is 12.7. The van der Waals surface area contributed by atoms with Crippen molar-refractivity contribution < 1.29 is 14.3 Å². The summed E-state index contributed by atoms with van der Waals surface area (Å²) in [5, 5.41) is 0. The van der Waals surface area contributed by atoms with E-state index in [9.17, 15) is 4.79 Å². The summed E-state index contributed by atoms with van der Waals surface area (Å²) in [6.07, 6.45) is 4.58. The standard InChI is InChI=1S/C18H25NO3/c20-18(13-17-7-4-11-22-17)19(16-9-12-21-14-16)10-8-15-5-2-1-3-6-15/h1-3,5-6,16-17H,4,7-14H2/t16-,17+/m0/s1. The van der Waals surface area contributed by atoms with E-state index in [0.29, 0.717) is 13.0 Å². The first kappa shape index (κ1) is 15.5. The van der Waals surface area contributed by atoms with Crippen molar-refractivity contribution in [3.05, 3.63) is 35.9 Å². The van der Waals surface area contributed by atoms with Gasteiger partial charge in [0.2, 0.25) is 5.91 Å². The number of ether oxygens (including phenoxy) is 2. The van der Waals surface area contributed by atoms with E-state index in [-0.39, 0.29) is 18.1 Å². The molecule has 1 amide bonds. The second kappa shape index (κ2) is 7.75. The van der Waals surface area contributed by atoms with Gasteiger partial charge in [0.05, 0.1) is 25.2 Å². The van der Waals surface area contributed by atoms with Crippen LogP contribution in [0.2, 0.25) is 0 Å². The summed E-state index contributed by atoms with van der Waals surface area (Å²) >= 11 is 0. The van der Waals surface area contributed by atoms with Gasteiger partial charge in [0.25, 0.3) is 0 Å². The van der Waals surface area contributed by atoms with E-state index in [1.807, 2.05) is 23.1 Å². The first-order valence-electron chi connectivity index (χ1n) is 8.35. The Balaban J connectivity index is 1.59. The highest BCUT2D eigenvalue weighted by molar-refractivity contribution is 5.77. The maximum absolute atomic E-state index is 12.7. The Morgan fingerprint density at radius 2 is 2.05 bits per heavy atom. The van der Waals surface area contributed by atoms with Crippen LogP contribution < -0.4 is 0 Å². The average Bonchev–Trinajstić information content (AvgIpc) is 3.22. The van der Waals surface area contributed by atoms with Crippen LogP contribution in [0.5, 0.6) is 0 Å². The molecule has 2 aliphatic heterocycles. The number of rotatable bonds is 6. The Morgan fingerprint density at radius 1 is 1.18 bits per heavy atom. The summed E-state index contributed by atoms with van der Waals surface area (Å²) in [7, 11) is 0. The summed E-state index contributed by atoms with van der Waals surface area (Å²) in [4.78, 5) is 14.7. The third-order valence-electron chi connectivity index (χ3n) is 4.58. The zero-order chi connectivity index (χ0) is 15.2. The van der Waals surface area contributed by atoms with Gasteiger partial charge in [-0.3, -0.25) is 4.79 Å². The minimum absolute atomic E-state index is 0.119. The molecule has 0 spiro atoms. The number of carbonyl (C=O) groups excluding carboxylic acids is 1. The third-order valence-corrected chi connectivity index (χ3v) is 4.58. The van der Waals surface area contributed by atoms with Crippen LogP contribution in [-0.4, -0.2) is 49.3 Å². The van der Waals surface area contributed by atoms with Crippen LogP contribution in [0.4, 0.5) is 0 Å². The van der Waals surface area contributed by atoms with Crippen LogP contribution in [0, 0.1) is 0 Å². The SMILES string of the molecule is O=C(C[C@H]1CCCO1)N(CCc1ccccc1)[C@H]1CCOC1. The van der Waals surface area contributed by atoms with Crippen LogP contribution in [0.25, 0.3) is 0 Å². The predicted octanol–water partition coefficient (Wildman–Crippen LogP) is 2.42. The van der Waals surface area contributed by atoms with Gasteiger partial charge in [0, 0.05) is 19.8 Å². The molecule has 2 fully saturated rings. The molecule has 0 unspecified atom stereocenters. The van der Waals surface area contributed by atoms with Crippen LogP contribution in [-0.2, 0) is 20.7 Å². The molecule has 120 valence electrons. The summed E-state index contributed by atoms with van der Waals surface area (Å²) < 4.78 is 11.1. The Labute approximate surface area is 132 Å². The fourth-order valence-corrected chi connectivity index (χ4v) is 3.29. The van der Waals surface area contributed by atoms with Crippen molar-refractivity contribution in [3.63, 3.8) is 0 Å². The number of carbonyl (C=O) groups is 1. The molecule has 0 aliphatic carbocycles. The Bertz CT molecular complexity index is 464. The predicted molar refractivity (Wildman–Crippen MR) is 84.7 cm³/mol. The normalized spacial score (nSPS) is 24.5. The molecule has 4 heteroatoms. The highest BCUT2D eigenvalue weighted by atomic mass is 16.5. The molecule has 2 aliphatic rings. The fraction of sp³-hybridized carbons (Fsp3) is 0.611. The lowest BCUT2D eigenvalue weighted by molar-refractivity contribution is -0.135. The van der Waals surface area contributed by atoms with E-state index >= 15 is 0 Å². The molecule has 2 heterocycles. The van der Waals surface area contributed by atoms with Gasteiger partial charge in [-0.05, 0) is 31.2 Å². The summed E-state index contributed by atoms with van der Waals surface area (Å²) in [5.41, 5.74) is 1.27. The van der Waals surface area contributed by atoms with Gasteiger partial charge in [-0.15, -0.1) is 0 Å². The van der Waals surface area contributed by atoms with E-state index in [4.69, 9.17) is 9.47 Å². The number of amides is 1. The lowest BCUT2D eigenvalue weighted by atomic mass is 10.1. The molecule has 1 aromatic rings. The van der Waals surface area contributed by atoms with E-state index < -0.39 is 0 Å². The van der Waals surface area contributed by atoms with Crippen molar-refractivity contribution in [1.29, 1.82) is 0 Å². The largest absolute Gasteiger partial charge is 0.379 e. The van der Waals surface area contributed by atoms with Crippen LogP contribution in [0.1, 0.15) is 31.2 Å². The molecule has 2 atom stereocenters. The van der Waals surface area contributed by atoms with E-state index in [1.54, 1.807) is 0 Å². The quantitative estimate of drug-likeness (QED) is 0.810. The summed E-state index contributed by atoms with van der Waals surface area (Å²) in [6, 6.07) is 10.6. The van der Waals surface area contributed by atoms with Gasteiger partial charge in [-0.2, -0.15) is 0 Å². The van der Waals surface area contributed by atoms with E-state index in [0.717, 1.165) is 45.4 Å². The summed E-state index contributed by atoms with van der Waals surface area (Å²) in [6.45, 7) is 3.00. The molecule has 0 bridgehead atoms. The van der Waals surface area contributed by atoms with Crippen LogP contribution in [0.15, 0.2) is 30.3 Å². The minimum atomic E-state index is 0.119. The third kappa shape index (κ3) is 4.08. The van der Waals surface area contributed by atoms with Gasteiger partial charge in [0.1, 0.15) is 0 Å². The fourth-order valence-electron chi connectivity index (χ4n) is 3.29. The second-order valence-corrected chi connectivity index (χ2v) is 6.18. The van der Waals surface area contributed by atoms with Gasteiger partial charge in [-0.1, -0.05) is 30.3 Å². The van der Waals surface area contributed by atoms with Crippen molar-refractivity contribution >= 4 is 5.91 Å². The van der Waals surface area contributed by atoms with E-state index in [2.05, 4.69) is 12.1 Å². The van der Waals surface area contributed by atoms with E-state index in [1.165, 1.54) is 5.56 Å². The Hall–Kier alpha value is -1.39. The average molecular weight is 303 g/mol. The molecular weight excluding hydrogens is 278 g/mol. The first-order valence-corrected chi connectivity index (χ1v) is 8.35. The Kier molecular flexibility index (Phi) is 5.46. The maximum Gasteiger partial charge on any atom is 0.225 e. The zero-order valence-electron chi connectivity index (χ0n) is 13.1. The number of hydrogen-bond acceptors (Lipinski definition) is 3. The molecule has 0 saturated carbocycles. The van der Waals surface area contributed by atoms with Gasteiger partial charge in [0.15, 0.2) is 0 Å².